The summed E-state index contributed by atoms with van der Waals surface area (Å²) in [7, 11) is 0. The molecule has 0 unspecified atom stereocenters. The first-order valence-corrected chi connectivity index (χ1v) is 14.9. The van der Waals surface area contributed by atoms with Gasteiger partial charge in [-0.05, 0) is 66.8 Å². The van der Waals surface area contributed by atoms with Crippen molar-refractivity contribution in [2.75, 3.05) is 0 Å². The molecule has 0 atom stereocenters. The second-order valence-corrected chi connectivity index (χ2v) is 11.2. The Bertz CT molecular complexity index is 1710. The smallest absolute Gasteiger partial charge is 0.226 e. The molecule has 0 fully saturated rings. The van der Waals surface area contributed by atoms with E-state index in [0.717, 1.165) is 61.6 Å². The second kappa shape index (κ2) is 11.9. The molecule has 0 radical (unpaired) electrons. The van der Waals surface area contributed by atoms with E-state index in [1.165, 1.54) is 0 Å². The Morgan fingerprint density at radius 2 is 1.80 bits per heavy atom. The summed E-state index contributed by atoms with van der Waals surface area (Å²) in [5.74, 6) is 2.16. The van der Waals surface area contributed by atoms with Gasteiger partial charge in [0.25, 0.3) is 0 Å². The number of thiophene rings is 1. The van der Waals surface area contributed by atoms with E-state index >= 15 is 0 Å². The van der Waals surface area contributed by atoms with Gasteiger partial charge in [0, 0.05) is 22.7 Å². The van der Waals surface area contributed by atoms with Crippen molar-refractivity contribution in [1.29, 1.82) is 0 Å². The zero-order valence-corrected chi connectivity index (χ0v) is 23.9. The quantitative estimate of drug-likeness (QED) is 0.167. The lowest BCUT2D eigenvalue weighted by Gasteiger charge is -2.06. The van der Waals surface area contributed by atoms with Gasteiger partial charge in [0.1, 0.15) is 29.5 Å². The standard InChI is InChI=1S/C32H28N4O2S2/c1-3-30-33-26(21-40-30)14-13-25-19-36(35-31(25)29-10-7-17-39-29)18-23-11-15-27(16-12-23)37-20-28-22(2)38-32(34-28)24-8-5-4-6-9-24/h4-17,19,21H,3,18,20H2,1-2H3/b14-13+. The third kappa shape index (κ3) is 5.98. The highest BCUT2D eigenvalue weighted by Crippen LogP contribution is 2.29. The molecule has 0 aliphatic heterocycles. The highest BCUT2D eigenvalue weighted by molar-refractivity contribution is 7.13. The topological polar surface area (TPSA) is 66.0 Å². The van der Waals surface area contributed by atoms with E-state index in [4.69, 9.17) is 14.3 Å². The van der Waals surface area contributed by atoms with Crippen LogP contribution in [0.1, 0.15) is 40.2 Å². The van der Waals surface area contributed by atoms with Crippen LogP contribution in [0.2, 0.25) is 0 Å². The Balaban J connectivity index is 1.13. The fraction of sp³-hybridized carbons (Fsp3) is 0.156. The molecule has 0 bridgehead atoms. The summed E-state index contributed by atoms with van der Waals surface area (Å²) in [4.78, 5) is 10.4. The minimum Gasteiger partial charge on any atom is -0.487 e. The van der Waals surface area contributed by atoms with Crippen LogP contribution in [0.3, 0.4) is 0 Å². The third-order valence-corrected chi connectivity index (χ3v) is 8.30. The summed E-state index contributed by atoms with van der Waals surface area (Å²) in [6.07, 6.45) is 7.23. The summed E-state index contributed by atoms with van der Waals surface area (Å²) in [5, 5.41) is 10.3. The minimum atomic E-state index is 0.347. The van der Waals surface area contributed by atoms with E-state index in [2.05, 4.69) is 70.3 Å². The van der Waals surface area contributed by atoms with Crippen LogP contribution in [0, 0.1) is 6.92 Å². The lowest BCUT2D eigenvalue weighted by Crippen LogP contribution is -2.01. The van der Waals surface area contributed by atoms with Crippen LogP contribution in [0.15, 0.2) is 88.1 Å². The predicted octanol–water partition coefficient (Wildman–Crippen LogP) is 8.39. The first-order valence-electron chi connectivity index (χ1n) is 13.1. The van der Waals surface area contributed by atoms with Crippen molar-refractivity contribution in [3.05, 3.63) is 117 Å². The maximum Gasteiger partial charge on any atom is 0.226 e. The van der Waals surface area contributed by atoms with E-state index < -0.39 is 0 Å². The highest BCUT2D eigenvalue weighted by atomic mass is 32.1. The number of hydrogen-bond acceptors (Lipinski definition) is 7. The summed E-state index contributed by atoms with van der Waals surface area (Å²) in [6, 6.07) is 22.2. The number of aromatic nitrogens is 4. The van der Waals surface area contributed by atoms with Crippen molar-refractivity contribution in [1.82, 2.24) is 19.7 Å². The third-order valence-electron chi connectivity index (χ3n) is 6.41. The van der Waals surface area contributed by atoms with Crippen LogP contribution >= 0.6 is 22.7 Å². The van der Waals surface area contributed by atoms with E-state index in [1.807, 2.05) is 54.1 Å². The number of oxazole rings is 1. The SMILES string of the molecule is CCc1nc(/C=C/c2cn(Cc3ccc(OCc4nc(-c5ccccc5)oc4C)cc3)nc2-c2cccs2)cs1. The number of benzene rings is 2. The maximum atomic E-state index is 6.03. The molecule has 8 heteroatoms. The lowest BCUT2D eigenvalue weighted by molar-refractivity contribution is 0.299. The van der Waals surface area contributed by atoms with Crippen LogP contribution in [0.25, 0.3) is 34.2 Å². The van der Waals surface area contributed by atoms with E-state index in [-0.39, 0.29) is 0 Å². The van der Waals surface area contributed by atoms with Crippen molar-refractivity contribution in [3.8, 4) is 27.8 Å². The molecule has 200 valence electrons. The van der Waals surface area contributed by atoms with Crippen molar-refractivity contribution in [2.45, 2.75) is 33.4 Å². The maximum absolute atomic E-state index is 6.03. The minimum absolute atomic E-state index is 0.347. The van der Waals surface area contributed by atoms with E-state index in [9.17, 15) is 0 Å². The Kier molecular flexibility index (Phi) is 7.70. The fourth-order valence-corrected chi connectivity index (χ4v) is 5.72. The molecule has 2 aromatic carbocycles. The van der Waals surface area contributed by atoms with Gasteiger partial charge in [0.05, 0.1) is 22.1 Å². The highest BCUT2D eigenvalue weighted by Gasteiger charge is 2.13. The molecule has 0 aliphatic rings. The summed E-state index contributed by atoms with van der Waals surface area (Å²) < 4.78 is 13.9. The van der Waals surface area contributed by atoms with Gasteiger partial charge >= 0.3 is 0 Å². The van der Waals surface area contributed by atoms with Crippen molar-refractivity contribution in [3.63, 3.8) is 0 Å². The molecule has 6 aromatic rings. The Morgan fingerprint density at radius 3 is 2.55 bits per heavy atom. The Morgan fingerprint density at radius 1 is 0.950 bits per heavy atom. The van der Waals surface area contributed by atoms with Gasteiger partial charge in [-0.15, -0.1) is 22.7 Å². The molecule has 0 aliphatic carbocycles. The van der Waals surface area contributed by atoms with Gasteiger partial charge in [0.2, 0.25) is 5.89 Å². The van der Waals surface area contributed by atoms with Gasteiger partial charge in [-0.25, -0.2) is 9.97 Å². The molecular formula is C32H28N4O2S2. The molecule has 6 rings (SSSR count). The number of hydrogen-bond donors (Lipinski definition) is 0. The molecular weight excluding hydrogens is 537 g/mol. The van der Waals surface area contributed by atoms with Crippen molar-refractivity contribution in [2.24, 2.45) is 0 Å². The van der Waals surface area contributed by atoms with Gasteiger partial charge in [-0.3, -0.25) is 4.68 Å². The number of aryl methyl sites for hydroxylation is 2. The molecule has 0 saturated carbocycles. The van der Waals surface area contributed by atoms with Crippen molar-refractivity contribution < 1.29 is 9.15 Å². The largest absolute Gasteiger partial charge is 0.487 e. The van der Waals surface area contributed by atoms with Gasteiger partial charge in [-0.2, -0.15) is 5.10 Å². The fourth-order valence-electron chi connectivity index (χ4n) is 4.28. The van der Waals surface area contributed by atoms with Gasteiger partial charge in [-0.1, -0.05) is 43.3 Å². The van der Waals surface area contributed by atoms with E-state index in [0.29, 0.717) is 19.0 Å². The van der Waals surface area contributed by atoms with Gasteiger partial charge in [0.15, 0.2) is 0 Å². The van der Waals surface area contributed by atoms with Crippen LogP contribution in [0.4, 0.5) is 0 Å². The summed E-state index contributed by atoms with van der Waals surface area (Å²) in [5.41, 5.74) is 5.93. The molecule has 40 heavy (non-hydrogen) atoms. The molecule has 0 spiro atoms. The Hall–Kier alpha value is -4.27. The molecule has 0 saturated heterocycles. The summed E-state index contributed by atoms with van der Waals surface area (Å²) in [6.45, 7) is 5.05. The first kappa shape index (κ1) is 26.0. The molecule has 0 N–H and O–H groups in total. The predicted molar refractivity (Wildman–Crippen MR) is 163 cm³/mol. The summed E-state index contributed by atoms with van der Waals surface area (Å²) >= 11 is 3.39. The molecule has 4 aromatic heterocycles. The zero-order valence-electron chi connectivity index (χ0n) is 22.3. The lowest BCUT2D eigenvalue weighted by atomic mass is 10.2. The first-order chi connectivity index (χ1) is 19.6. The normalized spacial score (nSPS) is 11.4. The van der Waals surface area contributed by atoms with E-state index in [1.54, 1.807) is 22.7 Å². The van der Waals surface area contributed by atoms with Crippen LogP contribution in [0.5, 0.6) is 5.75 Å². The molecule has 6 nitrogen and oxygen atoms in total. The number of rotatable bonds is 10. The molecule has 0 amide bonds. The number of thiazole rings is 1. The second-order valence-electron chi connectivity index (χ2n) is 9.28. The average Bonchev–Trinajstić information content (AvgIpc) is 3.79. The molecule has 4 heterocycles. The monoisotopic (exact) mass is 564 g/mol. The number of nitrogens with zero attached hydrogens (tertiary/aromatic N) is 4. The van der Waals surface area contributed by atoms with Crippen molar-refractivity contribution >= 4 is 34.8 Å². The average molecular weight is 565 g/mol. The zero-order chi connectivity index (χ0) is 27.3. The Labute approximate surface area is 241 Å². The van der Waals surface area contributed by atoms with Crippen LogP contribution in [-0.2, 0) is 19.6 Å². The van der Waals surface area contributed by atoms with Crippen LogP contribution in [-0.4, -0.2) is 19.7 Å². The van der Waals surface area contributed by atoms with Crippen LogP contribution < -0.4 is 4.74 Å². The number of ether oxygens (including phenoxy) is 1. The van der Waals surface area contributed by atoms with Gasteiger partial charge < -0.3 is 9.15 Å².